The van der Waals surface area contributed by atoms with Crippen LogP contribution in [0.5, 0.6) is 11.5 Å². The van der Waals surface area contributed by atoms with Crippen molar-refractivity contribution in [1.82, 2.24) is 9.88 Å². The number of amides is 1. The Balaban J connectivity index is 1.77. The second-order valence-corrected chi connectivity index (χ2v) is 6.76. The number of likely N-dealkylation sites (tertiary alicyclic amines) is 1. The first-order chi connectivity index (χ1) is 13.0. The van der Waals surface area contributed by atoms with Gasteiger partial charge in [-0.1, -0.05) is 0 Å². The summed E-state index contributed by atoms with van der Waals surface area (Å²) in [5.41, 5.74) is 2.85. The van der Waals surface area contributed by atoms with E-state index in [1.54, 1.807) is 23.7 Å². The number of rotatable bonds is 7. The van der Waals surface area contributed by atoms with E-state index in [2.05, 4.69) is 4.98 Å². The van der Waals surface area contributed by atoms with Crippen LogP contribution < -0.4 is 9.47 Å². The molecule has 27 heavy (non-hydrogen) atoms. The number of carboxylic acid groups (broad SMARTS) is 1. The Hall–Kier alpha value is -2.65. The van der Waals surface area contributed by atoms with Gasteiger partial charge in [-0.05, 0) is 18.2 Å². The number of benzene rings is 1. The number of methoxy groups -OCH3 is 2. The molecule has 0 aliphatic carbocycles. The van der Waals surface area contributed by atoms with Crippen molar-refractivity contribution >= 4 is 23.2 Å². The number of hydrogen-bond acceptors (Lipinski definition) is 7. The Morgan fingerprint density at radius 2 is 2.15 bits per heavy atom. The van der Waals surface area contributed by atoms with Crippen molar-refractivity contribution in [1.29, 1.82) is 0 Å². The molecule has 144 valence electrons. The topological polar surface area (TPSA) is 98.2 Å². The van der Waals surface area contributed by atoms with Gasteiger partial charge in [-0.2, -0.15) is 0 Å². The first-order valence-corrected chi connectivity index (χ1v) is 9.22. The maximum atomic E-state index is 12.8. The van der Waals surface area contributed by atoms with Gasteiger partial charge in [-0.3, -0.25) is 4.79 Å². The number of aromatic nitrogens is 1. The minimum absolute atomic E-state index is 0.233. The van der Waals surface area contributed by atoms with Crippen LogP contribution in [0.3, 0.4) is 0 Å². The van der Waals surface area contributed by atoms with Crippen molar-refractivity contribution in [2.45, 2.75) is 25.2 Å². The van der Waals surface area contributed by atoms with Gasteiger partial charge in [0.15, 0.2) is 11.5 Å². The molecule has 1 amide bonds. The summed E-state index contributed by atoms with van der Waals surface area (Å²) < 4.78 is 16.3. The zero-order chi connectivity index (χ0) is 19.4. The lowest BCUT2D eigenvalue weighted by atomic mass is 10.1. The number of hydrogen-bond donors (Lipinski definition) is 1. The summed E-state index contributed by atoms with van der Waals surface area (Å²) in [7, 11) is 2.99. The third-order valence-corrected chi connectivity index (χ3v) is 5.05. The normalized spacial score (nSPS) is 19.1. The average Bonchev–Trinajstić information content (AvgIpc) is 3.35. The first-order valence-electron chi connectivity index (χ1n) is 8.28. The van der Waals surface area contributed by atoms with E-state index in [1.165, 1.54) is 30.5 Å². The van der Waals surface area contributed by atoms with Gasteiger partial charge in [-0.15, -0.1) is 11.3 Å². The second kappa shape index (κ2) is 8.36. The maximum absolute atomic E-state index is 12.8. The van der Waals surface area contributed by atoms with Crippen molar-refractivity contribution in [3.05, 3.63) is 40.3 Å². The molecule has 0 saturated carbocycles. The third-order valence-electron chi connectivity index (χ3n) is 4.41. The Labute approximate surface area is 160 Å². The van der Waals surface area contributed by atoms with Crippen LogP contribution in [0.4, 0.5) is 0 Å². The molecule has 1 aromatic heterocycles. The first kappa shape index (κ1) is 19.1. The van der Waals surface area contributed by atoms with Crippen LogP contribution in [0.15, 0.2) is 29.1 Å². The summed E-state index contributed by atoms with van der Waals surface area (Å²) in [4.78, 5) is 29.8. The standard InChI is InChI=1S/C18H20N2O6S/c1-24-13-6-14(18(22)23)20(7-13)17(21)11-3-4-15(16(5-11)25-2)26-8-12-9-27-10-19-12/h3-5,9-10,13-14H,6-8H2,1-2H3,(H,22,23). The van der Waals surface area contributed by atoms with Crippen LogP contribution >= 0.6 is 11.3 Å². The van der Waals surface area contributed by atoms with E-state index in [0.717, 1.165) is 5.69 Å². The maximum Gasteiger partial charge on any atom is 0.326 e. The Morgan fingerprint density at radius 1 is 1.33 bits per heavy atom. The second-order valence-electron chi connectivity index (χ2n) is 6.04. The van der Waals surface area contributed by atoms with E-state index in [9.17, 15) is 14.7 Å². The number of nitrogens with zero attached hydrogens (tertiary/aromatic N) is 2. The molecular weight excluding hydrogens is 372 g/mol. The lowest BCUT2D eigenvalue weighted by Gasteiger charge is -2.22. The SMILES string of the molecule is COc1cc(C(=O)N2CC(OC)CC2C(=O)O)ccc1OCc1cscn1. The van der Waals surface area contributed by atoms with Gasteiger partial charge in [0.1, 0.15) is 12.6 Å². The average molecular weight is 392 g/mol. The summed E-state index contributed by atoms with van der Waals surface area (Å²) in [5.74, 6) is -0.553. The number of ether oxygens (including phenoxy) is 3. The van der Waals surface area contributed by atoms with E-state index in [4.69, 9.17) is 14.2 Å². The molecule has 9 heteroatoms. The van der Waals surface area contributed by atoms with E-state index >= 15 is 0 Å². The van der Waals surface area contributed by atoms with E-state index in [-0.39, 0.29) is 31.6 Å². The van der Waals surface area contributed by atoms with Crippen molar-refractivity contribution in [3.63, 3.8) is 0 Å². The predicted octanol–water partition coefficient (Wildman–Crippen LogP) is 2.04. The fourth-order valence-corrected chi connectivity index (χ4v) is 3.52. The smallest absolute Gasteiger partial charge is 0.326 e. The molecule has 0 bridgehead atoms. The van der Waals surface area contributed by atoms with Gasteiger partial charge in [0.25, 0.3) is 5.91 Å². The van der Waals surface area contributed by atoms with Crippen LogP contribution in [-0.4, -0.2) is 59.8 Å². The number of aliphatic carboxylic acids is 1. The molecule has 0 spiro atoms. The number of thiazole rings is 1. The van der Waals surface area contributed by atoms with Crippen molar-refractivity contribution in [3.8, 4) is 11.5 Å². The quantitative estimate of drug-likeness (QED) is 0.770. The monoisotopic (exact) mass is 392 g/mol. The van der Waals surface area contributed by atoms with Crippen molar-refractivity contribution < 1.29 is 28.9 Å². The summed E-state index contributed by atoms with van der Waals surface area (Å²) in [6.07, 6.45) is -0.0264. The Kier molecular flexibility index (Phi) is 5.92. The van der Waals surface area contributed by atoms with Gasteiger partial charge < -0.3 is 24.2 Å². The van der Waals surface area contributed by atoms with Crippen molar-refractivity contribution in [2.75, 3.05) is 20.8 Å². The predicted molar refractivity (Wildman–Crippen MR) is 97.3 cm³/mol. The summed E-state index contributed by atoms with van der Waals surface area (Å²) in [6.45, 7) is 0.520. The Bertz CT molecular complexity index is 810. The molecule has 8 nitrogen and oxygen atoms in total. The van der Waals surface area contributed by atoms with Gasteiger partial charge in [0.2, 0.25) is 0 Å². The van der Waals surface area contributed by atoms with Crippen LogP contribution in [0.2, 0.25) is 0 Å². The highest BCUT2D eigenvalue weighted by Crippen LogP contribution is 2.31. The highest BCUT2D eigenvalue weighted by atomic mass is 32.1. The molecule has 1 aromatic carbocycles. The molecule has 2 unspecified atom stereocenters. The minimum atomic E-state index is -1.04. The molecular formula is C18H20N2O6S. The molecule has 2 aromatic rings. The molecule has 2 heterocycles. The molecule has 1 fully saturated rings. The summed E-state index contributed by atoms with van der Waals surface area (Å²) in [6, 6.07) is 3.88. The van der Waals surface area contributed by atoms with Crippen LogP contribution in [0.1, 0.15) is 22.5 Å². The minimum Gasteiger partial charge on any atom is -0.493 e. The molecule has 1 N–H and O–H groups in total. The molecule has 3 rings (SSSR count). The van der Waals surface area contributed by atoms with E-state index in [1.807, 2.05) is 5.38 Å². The molecule has 2 atom stereocenters. The lowest BCUT2D eigenvalue weighted by Crippen LogP contribution is -2.40. The van der Waals surface area contributed by atoms with Gasteiger partial charge >= 0.3 is 5.97 Å². The van der Waals surface area contributed by atoms with Crippen molar-refractivity contribution in [2.24, 2.45) is 0 Å². The zero-order valence-electron chi connectivity index (χ0n) is 15.0. The number of carbonyl (C=O) groups excluding carboxylic acids is 1. The Morgan fingerprint density at radius 3 is 2.78 bits per heavy atom. The fraction of sp³-hybridized carbons (Fsp3) is 0.389. The fourth-order valence-electron chi connectivity index (χ4n) is 2.97. The summed E-state index contributed by atoms with van der Waals surface area (Å²) >= 11 is 1.48. The van der Waals surface area contributed by atoms with E-state index < -0.39 is 12.0 Å². The molecule has 1 saturated heterocycles. The van der Waals surface area contributed by atoms with Crippen LogP contribution in [-0.2, 0) is 16.1 Å². The molecule has 0 radical (unpaired) electrons. The van der Waals surface area contributed by atoms with Crippen LogP contribution in [0.25, 0.3) is 0 Å². The van der Waals surface area contributed by atoms with Gasteiger partial charge in [0, 0.05) is 31.0 Å². The largest absolute Gasteiger partial charge is 0.493 e. The number of carboxylic acids is 1. The highest BCUT2D eigenvalue weighted by molar-refractivity contribution is 7.07. The molecule has 1 aliphatic heterocycles. The van der Waals surface area contributed by atoms with E-state index in [0.29, 0.717) is 17.1 Å². The molecule has 1 aliphatic rings. The zero-order valence-corrected chi connectivity index (χ0v) is 15.8. The van der Waals surface area contributed by atoms with Gasteiger partial charge in [0.05, 0.1) is 24.4 Å². The van der Waals surface area contributed by atoms with Gasteiger partial charge in [-0.25, -0.2) is 9.78 Å². The number of carbonyl (C=O) groups is 2. The lowest BCUT2D eigenvalue weighted by molar-refractivity contribution is -0.141. The highest BCUT2D eigenvalue weighted by Gasteiger charge is 2.40. The summed E-state index contributed by atoms with van der Waals surface area (Å²) in [5, 5.41) is 11.3. The van der Waals surface area contributed by atoms with Crippen LogP contribution in [0, 0.1) is 0 Å². The third kappa shape index (κ3) is 4.20.